The molecule has 0 aromatic carbocycles. The van der Waals surface area contributed by atoms with Crippen LogP contribution >= 0.6 is 0 Å². The van der Waals surface area contributed by atoms with Gasteiger partial charge < -0.3 is 15.2 Å². The van der Waals surface area contributed by atoms with E-state index in [0.29, 0.717) is 32.0 Å². The Morgan fingerprint density at radius 1 is 1.47 bits per heavy atom. The molecule has 5 nitrogen and oxygen atoms in total. The van der Waals surface area contributed by atoms with Crippen molar-refractivity contribution >= 4 is 11.9 Å². The zero-order valence-electron chi connectivity index (χ0n) is 10.5. The Balaban J connectivity index is 2.49. The number of carboxylic acids is 1. The van der Waals surface area contributed by atoms with Crippen molar-refractivity contribution in [3.8, 4) is 0 Å². The number of carboxylic acid groups (broad SMARTS) is 1. The lowest BCUT2D eigenvalue weighted by molar-refractivity contribution is -0.139. The highest BCUT2D eigenvalue weighted by atomic mass is 16.5. The first-order valence-electron chi connectivity index (χ1n) is 6.04. The topological polar surface area (TPSA) is 75.6 Å². The van der Waals surface area contributed by atoms with Gasteiger partial charge >= 0.3 is 5.97 Å². The highest BCUT2D eigenvalue weighted by Crippen LogP contribution is 2.23. The minimum atomic E-state index is -0.903. The molecule has 1 atom stereocenters. The maximum absolute atomic E-state index is 11.7. The second-order valence-electron chi connectivity index (χ2n) is 5.13. The average Bonchev–Trinajstić information content (AvgIpc) is 2.62. The van der Waals surface area contributed by atoms with Crippen molar-refractivity contribution in [2.45, 2.75) is 45.1 Å². The number of hydrogen-bond acceptors (Lipinski definition) is 3. The van der Waals surface area contributed by atoms with E-state index < -0.39 is 11.5 Å². The van der Waals surface area contributed by atoms with Gasteiger partial charge in [-0.15, -0.1) is 0 Å². The van der Waals surface area contributed by atoms with E-state index in [0.717, 1.165) is 6.42 Å². The van der Waals surface area contributed by atoms with Gasteiger partial charge in [0.2, 0.25) is 5.91 Å². The maximum atomic E-state index is 11.7. The van der Waals surface area contributed by atoms with E-state index in [4.69, 9.17) is 9.84 Å². The van der Waals surface area contributed by atoms with Crippen molar-refractivity contribution in [2.24, 2.45) is 5.92 Å². The van der Waals surface area contributed by atoms with Gasteiger partial charge in [0.15, 0.2) is 0 Å². The van der Waals surface area contributed by atoms with Crippen molar-refractivity contribution < 1.29 is 19.4 Å². The first-order valence-corrected chi connectivity index (χ1v) is 6.04. The van der Waals surface area contributed by atoms with E-state index in [1.54, 1.807) is 0 Å². The fourth-order valence-corrected chi connectivity index (χ4v) is 1.96. The second-order valence-corrected chi connectivity index (χ2v) is 5.13. The van der Waals surface area contributed by atoms with Crippen LogP contribution in [0.5, 0.6) is 0 Å². The Hall–Kier alpha value is -1.10. The average molecular weight is 243 g/mol. The molecule has 98 valence electrons. The summed E-state index contributed by atoms with van der Waals surface area (Å²) in [5.74, 6) is -0.513. The molecule has 1 unspecified atom stereocenters. The highest BCUT2D eigenvalue weighted by molar-refractivity contribution is 5.78. The molecule has 0 bridgehead atoms. The van der Waals surface area contributed by atoms with Gasteiger partial charge in [-0.2, -0.15) is 0 Å². The first kappa shape index (κ1) is 14.0. The Bertz CT molecular complexity index is 282. The van der Waals surface area contributed by atoms with Crippen LogP contribution in [0.3, 0.4) is 0 Å². The number of rotatable bonds is 6. The third kappa shape index (κ3) is 4.73. The maximum Gasteiger partial charge on any atom is 0.305 e. The molecule has 1 aliphatic heterocycles. The smallest absolute Gasteiger partial charge is 0.305 e. The van der Waals surface area contributed by atoms with Crippen LogP contribution < -0.4 is 5.32 Å². The lowest BCUT2D eigenvalue weighted by Gasteiger charge is -2.27. The number of aliphatic carboxylic acids is 1. The van der Waals surface area contributed by atoms with Gasteiger partial charge in [0.1, 0.15) is 0 Å². The Labute approximate surface area is 102 Å². The number of nitrogens with one attached hydrogen (secondary N) is 1. The van der Waals surface area contributed by atoms with E-state index in [1.807, 2.05) is 0 Å². The summed E-state index contributed by atoms with van der Waals surface area (Å²) in [7, 11) is 0. The van der Waals surface area contributed by atoms with Crippen LogP contribution in [0.25, 0.3) is 0 Å². The molecule has 17 heavy (non-hydrogen) atoms. The summed E-state index contributed by atoms with van der Waals surface area (Å²) < 4.78 is 5.21. The summed E-state index contributed by atoms with van der Waals surface area (Å²) in [6.07, 6.45) is 1.77. The second kappa shape index (κ2) is 6.00. The van der Waals surface area contributed by atoms with Gasteiger partial charge in [-0.25, -0.2) is 0 Å². The molecule has 0 radical (unpaired) electrons. The van der Waals surface area contributed by atoms with Gasteiger partial charge in [-0.05, 0) is 18.8 Å². The molecule has 5 heteroatoms. The number of amides is 1. The minimum Gasteiger partial charge on any atom is -0.481 e. The SMILES string of the molecule is CC(C)CCC(=O)NC1(CC(=O)O)CCOC1. The Kier molecular flexibility index (Phi) is 4.93. The third-order valence-corrected chi connectivity index (χ3v) is 2.95. The van der Waals surface area contributed by atoms with Crippen LogP contribution in [-0.4, -0.2) is 35.7 Å². The predicted molar refractivity (Wildman–Crippen MR) is 62.6 cm³/mol. The van der Waals surface area contributed by atoms with E-state index in [2.05, 4.69) is 19.2 Å². The van der Waals surface area contributed by atoms with Crippen LogP contribution in [0.1, 0.15) is 39.5 Å². The van der Waals surface area contributed by atoms with Gasteiger partial charge in [0.05, 0.1) is 18.6 Å². The Morgan fingerprint density at radius 2 is 2.18 bits per heavy atom. The zero-order valence-corrected chi connectivity index (χ0v) is 10.5. The van der Waals surface area contributed by atoms with Crippen molar-refractivity contribution in [2.75, 3.05) is 13.2 Å². The lowest BCUT2D eigenvalue weighted by Crippen LogP contribution is -2.50. The molecule has 0 aromatic rings. The monoisotopic (exact) mass is 243 g/mol. The van der Waals surface area contributed by atoms with Crippen LogP contribution in [-0.2, 0) is 14.3 Å². The molecular weight excluding hydrogens is 222 g/mol. The fraction of sp³-hybridized carbons (Fsp3) is 0.833. The fourth-order valence-electron chi connectivity index (χ4n) is 1.96. The van der Waals surface area contributed by atoms with Crippen LogP contribution in [0, 0.1) is 5.92 Å². The van der Waals surface area contributed by atoms with Crippen LogP contribution in [0.4, 0.5) is 0 Å². The number of hydrogen-bond donors (Lipinski definition) is 2. The minimum absolute atomic E-state index is 0.0690. The lowest BCUT2D eigenvalue weighted by atomic mass is 9.93. The van der Waals surface area contributed by atoms with Crippen LogP contribution in [0.2, 0.25) is 0 Å². The highest BCUT2D eigenvalue weighted by Gasteiger charge is 2.38. The zero-order chi connectivity index (χ0) is 12.9. The number of carbonyl (C=O) groups is 2. The summed E-state index contributed by atoms with van der Waals surface area (Å²) in [4.78, 5) is 22.5. The van der Waals surface area contributed by atoms with E-state index in [9.17, 15) is 9.59 Å². The standard InChI is InChI=1S/C12H21NO4/c1-9(2)3-4-10(14)13-12(7-11(15)16)5-6-17-8-12/h9H,3-8H2,1-2H3,(H,13,14)(H,15,16). The van der Waals surface area contributed by atoms with Crippen molar-refractivity contribution in [3.05, 3.63) is 0 Å². The van der Waals surface area contributed by atoms with Crippen molar-refractivity contribution in [3.63, 3.8) is 0 Å². The summed E-state index contributed by atoms with van der Waals surface area (Å²) in [5, 5.41) is 11.7. The summed E-state index contributed by atoms with van der Waals surface area (Å²) >= 11 is 0. The molecule has 2 N–H and O–H groups in total. The summed E-state index contributed by atoms with van der Waals surface area (Å²) in [6, 6.07) is 0. The molecule has 1 fully saturated rings. The molecule has 0 spiro atoms. The van der Waals surface area contributed by atoms with Crippen LogP contribution in [0.15, 0.2) is 0 Å². The normalized spacial score (nSPS) is 23.9. The van der Waals surface area contributed by atoms with E-state index in [-0.39, 0.29) is 12.3 Å². The van der Waals surface area contributed by atoms with E-state index in [1.165, 1.54) is 0 Å². The predicted octanol–water partition coefficient (Wildman–Crippen LogP) is 1.17. The molecular formula is C12H21NO4. The first-order chi connectivity index (χ1) is 7.93. The van der Waals surface area contributed by atoms with Crippen molar-refractivity contribution in [1.82, 2.24) is 5.32 Å². The molecule has 1 saturated heterocycles. The number of ether oxygens (including phenoxy) is 1. The third-order valence-electron chi connectivity index (χ3n) is 2.95. The van der Waals surface area contributed by atoms with Gasteiger partial charge in [-0.1, -0.05) is 13.8 Å². The summed E-state index contributed by atoms with van der Waals surface area (Å²) in [6.45, 7) is 4.92. The quantitative estimate of drug-likeness (QED) is 0.734. The molecule has 1 aliphatic rings. The van der Waals surface area contributed by atoms with Gasteiger partial charge in [0.25, 0.3) is 0 Å². The van der Waals surface area contributed by atoms with E-state index >= 15 is 0 Å². The molecule has 1 amide bonds. The summed E-state index contributed by atoms with van der Waals surface area (Å²) in [5.41, 5.74) is -0.695. The van der Waals surface area contributed by atoms with Gasteiger partial charge in [-0.3, -0.25) is 9.59 Å². The van der Waals surface area contributed by atoms with Gasteiger partial charge in [0, 0.05) is 13.0 Å². The Morgan fingerprint density at radius 3 is 2.65 bits per heavy atom. The molecule has 0 saturated carbocycles. The largest absolute Gasteiger partial charge is 0.481 e. The molecule has 0 aliphatic carbocycles. The molecule has 1 heterocycles. The molecule has 1 rings (SSSR count). The molecule has 0 aromatic heterocycles. The number of carbonyl (C=O) groups excluding carboxylic acids is 1. The van der Waals surface area contributed by atoms with Crippen molar-refractivity contribution in [1.29, 1.82) is 0 Å².